The molecule has 5 heteroatoms. The van der Waals surface area contributed by atoms with Crippen molar-refractivity contribution in [1.29, 1.82) is 5.26 Å². The van der Waals surface area contributed by atoms with E-state index in [4.69, 9.17) is 11.8 Å². The number of nitriles is 1. The quantitative estimate of drug-likeness (QED) is 0.192. The molecule has 0 N–H and O–H groups in total. The molecule has 0 saturated heterocycles. The maximum absolute atomic E-state index is 9.78. The molecule has 5 nitrogen and oxygen atoms in total. The van der Waals surface area contributed by atoms with Crippen LogP contribution >= 0.6 is 0 Å². The molecule has 0 bridgehead atoms. The highest BCUT2D eigenvalue weighted by Gasteiger charge is 2.16. The van der Waals surface area contributed by atoms with Crippen LogP contribution in [0.2, 0.25) is 0 Å². The van der Waals surface area contributed by atoms with E-state index in [1.807, 2.05) is 97.1 Å². The summed E-state index contributed by atoms with van der Waals surface area (Å²) in [7, 11) is 0. The molecule has 7 aromatic carbocycles. The van der Waals surface area contributed by atoms with Crippen LogP contribution < -0.4 is 0 Å². The van der Waals surface area contributed by atoms with Crippen LogP contribution in [0.4, 0.5) is 0 Å². The molecular formula is C45H27N5. The SMILES string of the molecule is [2H]c1c([2H])c([2H])c(-n2c3ccccc3c3ccc(-c4ccc5c(c4)c4ccccc4n5-c4ccc(-c5nc(C#N)c6ccccc6n5)cc4)cc32)c([2H])c1[2H]. The number of aromatic nitrogens is 4. The Morgan fingerprint density at radius 3 is 1.82 bits per heavy atom. The Kier molecular flexibility index (Phi) is 5.14. The fourth-order valence-corrected chi connectivity index (χ4v) is 7.23. The lowest BCUT2D eigenvalue weighted by Crippen LogP contribution is -1.97. The first kappa shape index (κ1) is 23.3. The van der Waals surface area contributed by atoms with Gasteiger partial charge < -0.3 is 9.13 Å². The standard InChI is InChI=1S/C45H27N5/c46-28-40-37-14-4-7-15-39(37)47-45(48-40)29-18-22-33(23-19-29)49-42-17-9-6-13-35(42)38-26-30(21-25-43(38)49)31-20-24-36-34-12-5-8-16-41(34)50(44(36)27-31)32-10-2-1-3-11-32/h1-27H/i1D,2D,3D,10D,11D. The molecule has 0 radical (unpaired) electrons. The fraction of sp³-hybridized carbons (Fsp3) is 0. The van der Waals surface area contributed by atoms with E-state index in [-0.39, 0.29) is 29.9 Å². The van der Waals surface area contributed by atoms with Crippen molar-refractivity contribution in [3.8, 4) is 40.0 Å². The molecule has 10 aromatic rings. The number of nitrogens with zero attached hydrogens (tertiary/aromatic N) is 5. The predicted molar refractivity (Wildman–Crippen MR) is 204 cm³/mol. The van der Waals surface area contributed by atoms with Gasteiger partial charge in [-0.05, 0) is 89.9 Å². The van der Waals surface area contributed by atoms with Gasteiger partial charge in [-0.3, -0.25) is 0 Å². The topological polar surface area (TPSA) is 59.4 Å². The first-order valence-corrected chi connectivity index (χ1v) is 16.2. The van der Waals surface area contributed by atoms with E-state index >= 15 is 0 Å². The smallest absolute Gasteiger partial charge is 0.161 e. The van der Waals surface area contributed by atoms with Crippen LogP contribution in [0.25, 0.3) is 88.4 Å². The van der Waals surface area contributed by atoms with Gasteiger partial charge in [0.25, 0.3) is 0 Å². The third kappa shape index (κ3) is 4.26. The molecule has 10 rings (SSSR count). The Bertz CT molecular complexity index is 3260. The number of hydrogen-bond donors (Lipinski definition) is 0. The number of hydrogen-bond acceptors (Lipinski definition) is 3. The molecule has 0 unspecified atom stereocenters. The minimum absolute atomic E-state index is 0.122. The van der Waals surface area contributed by atoms with Crippen molar-refractivity contribution < 1.29 is 6.85 Å². The molecule has 0 aliphatic heterocycles. The summed E-state index contributed by atoms with van der Waals surface area (Å²) < 4.78 is 46.6. The molecule has 3 aromatic heterocycles. The highest BCUT2D eigenvalue weighted by Crippen LogP contribution is 2.38. The van der Waals surface area contributed by atoms with E-state index in [2.05, 4.69) is 52.0 Å². The molecule has 0 amide bonds. The molecular weight excluding hydrogens is 611 g/mol. The number of rotatable bonds is 4. The molecule has 3 heterocycles. The number of fused-ring (bicyclic) bond motifs is 7. The maximum Gasteiger partial charge on any atom is 0.161 e. The Morgan fingerprint density at radius 1 is 0.480 bits per heavy atom. The molecule has 0 aliphatic carbocycles. The van der Waals surface area contributed by atoms with Crippen LogP contribution in [0.15, 0.2) is 164 Å². The van der Waals surface area contributed by atoms with Crippen molar-refractivity contribution in [2.75, 3.05) is 0 Å². The third-order valence-electron chi connectivity index (χ3n) is 9.48. The second kappa shape index (κ2) is 11.0. The van der Waals surface area contributed by atoms with Gasteiger partial charge in [0.2, 0.25) is 0 Å². The Labute approximate surface area is 294 Å². The monoisotopic (exact) mass is 642 g/mol. The maximum atomic E-state index is 9.78. The minimum atomic E-state index is -0.420. The van der Waals surface area contributed by atoms with Crippen molar-refractivity contribution in [2.24, 2.45) is 0 Å². The second-order valence-corrected chi connectivity index (χ2v) is 12.2. The van der Waals surface area contributed by atoms with Crippen molar-refractivity contribution in [2.45, 2.75) is 0 Å². The summed E-state index contributed by atoms with van der Waals surface area (Å²) in [5.41, 5.74) is 8.46. The normalized spacial score (nSPS) is 13.0. The number of para-hydroxylation sites is 4. The Morgan fingerprint density at radius 2 is 1.06 bits per heavy atom. The molecule has 0 spiro atoms. The van der Waals surface area contributed by atoms with Crippen LogP contribution in [0, 0.1) is 11.3 Å². The van der Waals surface area contributed by atoms with Crippen molar-refractivity contribution in [1.82, 2.24) is 19.1 Å². The van der Waals surface area contributed by atoms with Crippen molar-refractivity contribution >= 4 is 54.5 Å². The summed E-state index contributed by atoms with van der Waals surface area (Å²) in [6.07, 6.45) is 0. The summed E-state index contributed by atoms with van der Waals surface area (Å²) >= 11 is 0. The lowest BCUT2D eigenvalue weighted by atomic mass is 10.0. The highest BCUT2D eigenvalue weighted by molar-refractivity contribution is 6.12. The average molecular weight is 643 g/mol. The van der Waals surface area contributed by atoms with E-state index in [1.54, 1.807) is 4.57 Å². The zero-order chi connectivity index (χ0) is 37.5. The van der Waals surface area contributed by atoms with Gasteiger partial charge in [0, 0.05) is 43.9 Å². The predicted octanol–water partition coefficient (Wildman–Crippen LogP) is 11.0. The molecule has 0 saturated carbocycles. The van der Waals surface area contributed by atoms with Crippen LogP contribution in [0.5, 0.6) is 0 Å². The Hall–Kier alpha value is -7.03. The van der Waals surface area contributed by atoms with E-state index in [1.165, 1.54) is 0 Å². The third-order valence-corrected chi connectivity index (χ3v) is 9.48. The van der Waals surface area contributed by atoms with Gasteiger partial charge in [-0.15, -0.1) is 0 Å². The fourth-order valence-electron chi connectivity index (χ4n) is 7.23. The van der Waals surface area contributed by atoms with Crippen molar-refractivity contribution in [3.05, 3.63) is 169 Å². The van der Waals surface area contributed by atoms with E-state index in [9.17, 15) is 5.26 Å². The highest BCUT2D eigenvalue weighted by atomic mass is 15.0. The largest absolute Gasteiger partial charge is 0.309 e. The molecule has 50 heavy (non-hydrogen) atoms. The lowest BCUT2D eigenvalue weighted by molar-refractivity contribution is 1.17. The van der Waals surface area contributed by atoms with Crippen LogP contribution in [-0.4, -0.2) is 19.1 Å². The van der Waals surface area contributed by atoms with Gasteiger partial charge in [0.05, 0.1) is 34.4 Å². The minimum Gasteiger partial charge on any atom is -0.309 e. The Balaban J connectivity index is 1.12. The summed E-state index contributed by atoms with van der Waals surface area (Å²) in [5.74, 6) is 0.497. The van der Waals surface area contributed by atoms with Gasteiger partial charge in [-0.25, -0.2) is 9.97 Å². The molecule has 232 valence electrons. The van der Waals surface area contributed by atoms with E-state index in [0.29, 0.717) is 11.5 Å². The summed E-state index contributed by atoms with van der Waals surface area (Å²) in [6, 6.07) is 44.8. The van der Waals surface area contributed by atoms with Crippen LogP contribution in [0.3, 0.4) is 0 Å². The van der Waals surface area contributed by atoms with Gasteiger partial charge >= 0.3 is 0 Å². The first-order valence-electron chi connectivity index (χ1n) is 18.7. The molecule has 0 atom stereocenters. The van der Waals surface area contributed by atoms with E-state index in [0.717, 1.165) is 76.9 Å². The summed E-state index contributed by atoms with van der Waals surface area (Å²) in [5, 5.41) is 14.5. The first-order chi connectivity index (χ1) is 26.8. The summed E-state index contributed by atoms with van der Waals surface area (Å²) in [6.45, 7) is 0. The zero-order valence-corrected chi connectivity index (χ0v) is 26.4. The van der Waals surface area contributed by atoms with Gasteiger partial charge in [-0.1, -0.05) is 84.9 Å². The number of benzene rings is 7. The van der Waals surface area contributed by atoms with Crippen LogP contribution in [0.1, 0.15) is 12.5 Å². The van der Waals surface area contributed by atoms with E-state index < -0.39 is 6.04 Å². The van der Waals surface area contributed by atoms with Gasteiger partial charge in [0.15, 0.2) is 11.5 Å². The van der Waals surface area contributed by atoms with Crippen LogP contribution in [-0.2, 0) is 0 Å². The second-order valence-electron chi connectivity index (χ2n) is 12.2. The van der Waals surface area contributed by atoms with Gasteiger partial charge in [0.1, 0.15) is 6.07 Å². The zero-order valence-electron chi connectivity index (χ0n) is 31.4. The lowest BCUT2D eigenvalue weighted by Gasteiger charge is -2.10. The molecule has 0 aliphatic rings. The molecule has 0 fully saturated rings. The van der Waals surface area contributed by atoms with Gasteiger partial charge in [-0.2, -0.15) is 5.26 Å². The van der Waals surface area contributed by atoms with Crippen molar-refractivity contribution in [3.63, 3.8) is 0 Å². The average Bonchev–Trinajstić information content (AvgIpc) is 3.74. The summed E-state index contributed by atoms with van der Waals surface area (Å²) in [4.78, 5) is 9.32.